The Morgan fingerprint density at radius 1 is 1.08 bits per heavy atom. The molecule has 1 amide bonds. The van der Waals surface area contributed by atoms with Gasteiger partial charge in [-0.1, -0.05) is 56.9 Å². The molecule has 37 heavy (non-hydrogen) atoms. The Morgan fingerprint density at radius 2 is 1.70 bits per heavy atom. The van der Waals surface area contributed by atoms with Crippen LogP contribution in [0, 0.1) is 17.3 Å². The number of carbonyl (C=O) groups excluding carboxylic acids is 1. The molecule has 0 bridgehead atoms. The van der Waals surface area contributed by atoms with Crippen LogP contribution in [0.25, 0.3) is 0 Å². The van der Waals surface area contributed by atoms with Gasteiger partial charge in [-0.05, 0) is 50.9 Å². The van der Waals surface area contributed by atoms with Crippen molar-refractivity contribution in [2.45, 2.75) is 64.3 Å². The maximum atomic E-state index is 12.4. The summed E-state index contributed by atoms with van der Waals surface area (Å²) in [6.07, 6.45) is 2.87. The number of rotatable bonds is 4. The Labute approximate surface area is 220 Å². The number of hydrogen-bond donors (Lipinski definition) is 2. The fourth-order valence-electron chi connectivity index (χ4n) is 5.36. The number of hydrogen-bond acceptors (Lipinski definition) is 6. The molecule has 1 aromatic carbocycles. The molecule has 2 aliphatic rings. The molecule has 7 heteroatoms. The highest BCUT2D eigenvalue weighted by Gasteiger charge is 2.55. The van der Waals surface area contributed by atoms with Gasteiger partial charge in [0.05, 0.1) is 13.1 Å². The van der Waals surface area contributed by atoms with Crippen molar-refractivity contribution in [2.75, 3.05) is 33.2 Å². The van der Waals surface area contributed by atoms with Crippen molar-refractivity contribution in [3.8, 4) is 11.8 Å². The summed E-state index contributed by atoms with van der Waals surface area (Å²) in [6, 6.07) is 10.0. The summed E-state index contributed by atoms with van der Waals surface area (Å²) >= 11 is 0. The first-order valence-electron chi connectivity index (χ1n) is 12.8. The fourth-order valence-corrected chi connectivity index (χ4v) is 5.36. The Bertz CT molecular complexity index is 1210. The molecule has 0 aliphatic carbocycles. The van der Waals surface area contributed by atoms with E-state index in [1.807, 2.05) is 25.2 Å². The van der Waals surface area contributed by atoms with Crippen molar-refractivity contribution in [1.29, 1.82) is 0 Å². The number of amides is 1. The first-order chi connectivity index (χ1) is 17.1. The smallest absolute Gasteiger partial charge is 0.410 e. The van der Waals surface area contributed by atoms with Crippen molar-refractivity contribution in [3.05, 3.63) is 65.0 Å². The molecule has 2 aliphatic heterocycles. The van der Waals surface area contributed by atoms with Gasteiger partial charge in [-0.25, -0.2) is 4.79 Å². The van der Waals surface area contributed by atoms with Crippen molar-refractivity contribution in [3.63, 3.8) is 0 Å². The van der Waals surface area contributed by atoms with Crippen LogP contribution in [0.15, 0.2) is 42.7 Å². The molecule has 7 nitrogen and oxygen atoms in total. The van der Waals surface area contributed by atoms with E-state index >= 15 is 0 Å². The quantitative estimate of drug-likeness (QED) is 0.616. The van der Waals surface area contributed by atoms with Gasteiger partial charge in [0.2, 0.25) is 0 Å². The number of benzene rings is 1. The number of carbonyl (C=O) groups is 1. The highest BCUT2D eigenvalue weighted by atomic mass is 16.6. The first-order valence-corrected chi connectivity index (χ1v) is 12.8. The average Bonchev–Trinajstić information content (AvgIpc) is 2.78. The van der Waals surface area contributed by atoms with E-state index in [4.69, 9.17) is 4.74 Å². The molecule has 0 radical (unpaired) electrons. The van der Waals surface area contributed by atoms with Gasteiger partial charge < -0.3 is 24.7 Å². The molecule has 0 saturated carbocycles. The largest absolute Gasteiger partial charge is 0.444 e. The van der Waals surface area contributed by atoms with Gasteiger partial charge >= 0.3 is 6.09 Å². The maximum Gasteiger partial charge on any atom is 0.410 e. The summed E-state index contributed by atoms with van der Waals surface area (Å²) in [4.78, 5) is 20.2. The van der Waals surface area contributed by atoms with Gasteiger partial charge in [-0.2, -0.15) is 0 Å². The van der Waals surface area contributed by atoms with E-state index in [0.717, 1.165) is 18.7 Å². The van der Waals surface area contributed by atoms with Gasteiger partial charge in [0, 0.05) is 42.0 Å². The molecular weight excluding hydrogens is 466 g/mol. The van der Waals surface area contributed by atoms with Crippen molar-refractivity contribution >= 4 is 6.09 Å². The second-order valence-electron chi connectivity index (χ2n) is 12.3. The summed E-state index contributed by atoms with van der Waals surface area (Å²) in [7, 11) is 2.05. The minimum Gasteiger partial charge on any atom is -0.444 e. The van der Waals surface area contributed by atoms with Crippen LogP contribution in [-0.4, -0.2) is 75.5 Å². The lowest BCUT2D eigenvalue weighted by molar-refractivity contribution is -0.127. The first kappa shape index (κ1) is 27.1. The van der Waals surface area contributed by atoms with E-state index < -0.39 is 28.3 Å². The number of β-amino-alcohol motifs (C(OH)–C–C–N with tert-alkyl or cyclic N) is 1. The van der Waals surface area contributed by atoms with Crippen molar-refractivity contribution in [1.82, 2.24) is 14.8 Å². The Hall–Kier alpha value is -2.92. The third-order valence-corrected chi connectivity index (χ3v) is 7.26. The third kappa shape index (κ3) is 5.38. The van der Waals surface area contributed by atoms with E-state index in [9.17, 15) is 15.0 Å². The van der Waals surface area contributed by atoms with Gasteiger partial charge in [0.25, 0.3) is 0 Å². The number of nitrogens with zero attached hydrogens (tertiary/aromatic N) is 3. The van der Waals surface area contributed by atoms with Gasteiger partial charge in [0.1, 0.15) is 11.2 Å². The molecule has 1 atom stereocenters. The molecule has 2 N–H and O–H groups in total. The molecule has 0 spiro atoms. The lowest BCUT2D eigenvalue weighted by Crippen LogP contribution is -2.63. The zero-order valence-corrected chi connectivity index (χ0v) is 23.0. The highest BCUT2D eigenvalue weighted by Crippen LogP contribution is 2.50. The normalized spacial score (nSPS) is 20.2. The van der Waals surface area contributed by atoms with Crippen molar-refractivity contribution in [2.24, 2.45) is 5.41 Å². The van der Waals surface area contributed by atoms with Crippen LogP contribution >= 0.6 is 0 Å². The minimum atomic E-state index is -1.31. The monoisotopic (exact) mass is 505 g/mol. The number of ether oxygens (including phenoxy) is 1. The SMILES string of the molecule is CC(C)c1ccc(C(O)(c2cncc(C#CC3(O)CN(C(=O)OC(C)(C)C)C3)c2)C2(C)CN(C)C2)cc1. The second-order valence-corrected chi connectivity index (χ2v) is 12.3. The van der Waals surface area contributed by atoms with E-state index in [1.165, 1.54) is 10.5 Å². The van der Waals surface area contributed by atoms with Crippen LogP contribution < -0.4 is 0 Å². The number of likely N-dealkylation sites (tertiary alicyclic amines) is 2. The Morgan fingerprint density at radius 3 is 2.24 bits per heavy atom. The molecule has 2 saturated heterocycles. The maximum absolute atomic E-state index is 12.4. The van der Waals surface area contributed by atoms with Gasteiger partial charge in [0.15, 0.2) is 5.60 Å². The standard InChI is InChI=1S/C30H39N3O4/c1-21(2)23-8-10-24(11-9-23)30(36,28(6)17-32(7)18-28)25-14-22(15-31-16-25)12-13-29(35)19-33(20-29)26(34)37-27(3,4)5/h8-11,14-16,21,35-36H,17-20H2,1-7H3. The fraction of sp³-hybridized carbons (Fsp3) is 0.533. The summed E-state index contributed by atoms with van der Waals surface area (Å²) in [5.41, 5.74) is -0.272. The number of aliphatic hydroxyl groups is 2. The molecule has 1 aromatic heterocycles. The zero-order chi connectivity index (χ0) is 27.2. The van der Waals surface area contributed by atoms with Gasteiger partial charge in [-0.3, -0.25) is 4.98 Å². The van der Waals surface area contributed by atoms with Crippen LogP contribution in [0.1, 0.15) is 69.7 Å². The minimum absolute atomic E-state index is 0.0819. The molecule has 198 valence electrons. The van der Waals surface area contributed by atoms with Crippen LogP contribution in [0.5, 0.6) is 0 Å². The second kappa shape index (κ2) is 9.43. The average molecular weight is 506 g/mol. The molecule has 4 rings (SSSR count). The zero-order valence-electron chi connectivity index (χ0n) is 23.0. The lowest BCUT2D eigenvalue weighted by Gasteiger charge is -2.55. The van der Waals surface area contributed by atoms with Crippen LogP contribution in [0.2, 0.25) is 0 Å². The summed E-state index contributed by atoms with van der Waals surface area (Å²) in [5.74, 6) is 6.31. The van der Waals surface area contributed by atoms with Crippen LogP contribution in [0.3, 0.4) is 0 Å². The summed E-state index contributed by atoms with van der Waals surface area (Å²) < 4.78 is 5.36. The number of aromatic nitrogens is 1. The predicted octanol–water partition coefficient (Wildman–Crippen LogP) is 3.73. The lowest BCUT2D eigenvalue weighted by atomic mass is 9.62. The predicted molar refractivity (Wildman–Crippen MR) is 143 cm³/mol. The topological polar surface area (TPSA) is 86.1 Å². The Balaban J connectivity index is 1.60. The van der Waals surface area contributed by atoms with Crippen molar-refractivity contribution < 1.29 is 19.7 Å². The third-order valence-electron chi connectivity index (χ3n) is 7.26. The van der Waals surface area contributed by atoms with Crippen LogP contribution in [0.4, 0.5) is 4.79 Å². The number of pyridine rings is 1. The van der Waals surface area contributed by atoms with Gasteiger partial charge in [-0.15, -0.1) is 0 Å². The van der Waals surface area contributed by atoms with E-state index in [0.29, 0.717) is 17.0 Å². The van der Waals surface area contributed by atoms with E-state index in [2.05, 4.69) is 54.6 Å². The summed E-state index contributed by atoms with van der Waals surface area (Å²) in [6.45, 7) is 13.5. The van der Waals surface area contributed by atoms with E-state index in [1.54, 1.807) is 33.2 Å². The highest BCUT2D eigenvalue weighted by molar-refractivity contribution is 5.70. The van der Waals surface area contributed by atoms with Crippen LogP contribution in [-0.2, 0) is 10.3 Å². The molecular formula is C30H39N3O4. The van der Waals surface area contributed by atoms with E-state index in [-0.39, 0.29) is 13.1 Å². The summed E-state index contributed by atoms with van der Waals surface area (Å²) in [5, 5.41) is 23.1. The Kier molecular flexibility index (Phi) is 6.91. The molecule has 2 aromatic rings. The molecule has 2 fully saturated rings. The molecule has 1 unspecified atom stereocenters. The molecule has 3 heterocycles.